The van der Waals surface area contributed by atoms with Crippen LogP contribution in [0.15, 0.2) is 16.9 Å². The van der Waals surface area contributed by atoms with Gasteiger partial charge in [-0.3, -0.25) is 9.59 Å². The molecule has 0 aliphatic heterocycles. The fourth-order valence-corrected chi connectivity index (χ4v) is 4.35. The molecular formula is C23H27N5O2. The first-order valence-electron chi connectivity index (χ1n) is 10.8. The Balaban J connectivity index is 1.52. The van der Waals surface area contributed by atoms with Crippen LogP contribution in [-0.2, 0) is 6.54 Å². The Bertz CT molecular complexity index is 1210. The average molecular weight is 406 g/mol. The average Bonchev–Trinajstić information content (AvgIpc) is 3.44. The van der Waals surface area contributed by atoms with Gasteiger partial charge in [0.15, 0.2) is 5.65 Å². The van der Waals surface area contributed by atoms with E-state index in [1.807, 2.05) is 37.6 Å². The van der Waals surface area contributed by atoms with Gasteiger partial charge in [0.25, 0.3) is 11.5 Å². The van der Waals surface area contributed by atoms with E-state index in [4.69, 9.17) is 10.1 Å². The van der Waals surface area contributed by atoms with Crippen LogP contribution in [0, 0.1) is 20.8 Å². The Morgan fingerprint density at radius 2 is 1.97 bits per heavy atom. The second-order valence-electron chi connectivity index (χ2n) is 8.81. The monoisotopic (exact) mass is 405 g/mol. The lowest BCUT2D eigenvalue weighted by atomic mass is 9.93. The number of aryl methyl sites for hydroxylation is 3. The maximum atomic E-state index is 13.2. The molecule has 7 nitrogen and oxygen atoms in total. The van der Waals surface area contributed by atoms with Crippen molar-refractivity contribution in [2.75, 3.05) is 0 Å². The van der Waals surface area contributed by atoms with Crippen LogP contribution >= 0.6 is 0 Å². The van der Waals surface area contributed by atoms with Gasteiger partial charge in [0, 0.05) is 29.4 Å². The number of pyridine rings is 2. The summed E-state index contributed by atoms with van der Waals surface area (Å²) in [5, 5.41) is 8.55. The van der Waals surface area contributed by atoms with E-state index in [9.17, 15) is 9.59 Å². The second kappa shape index (κ2) is 7.07. The van der Waals surface area contributed by atoms with Crippen LogP contribution in [0.5, 0.6) is 0 Å². The summed E-state index contributed by atoms with van der Waals surface area (Å²) in [7, 11) is 0. The van der Waals surface area contributed by atoms with Crippen molar-refractivity contribution in [3.63, 3.8) is 0 Å². The normalized spacial score (nSPS) is 16.6. The van der Waals surface area contributed by atoms with Gasteiger partial charge in [-0.05, 0) is 70.6 Å². The van der Waals surface area contributed by atoms with Crippen molar-refractivity contribution in [1.82, 2.24) is 25.1 Å². The summed E-state index contributed by atoms with van der Waals surface area (Å²) in [6.45, 7) is 5.89. The Hall–Kier alpha value is -2.96. The SMILES string of the molecule is Cc1cc(C)c(CNC(=O)c2cc(C3CC3)nc3c2c(C)nn3C2CCC2)c(=O)[nH]1. The first-order chi connectivity index (χ1) is 14.4. The van der Waals surface area contributed by atoms with Crippen LogP contribution in [0.4, 0.5) is 0 Å². The van der Waals surface area contributed by atoms with Crippen LogP contribution in [-0.4, -0.2) is 25.7 Å². The molecule has 0 unspecified atom stereocenters. The molecule has 0 bridgehead atoms. The highest BCUT2D eigenvalue weighted by molar-refractivity contribution is 6.06. The maximum absolute atomic E-state index is 13.2. The lowest BCUT2D eigenvalue weighted by Crippen LogP contribution is -2.28. The lowest BCUT2D eigenvalue weighted by Gasteiger charge is -2.26. The topological polar surface area (TPSA) is 92.7 Å². The molecule has 156 valence electrons. The molecule has 0 saturated heterocycles. The van der Waals surface area contributed by atoms with Crippen molar-refractivity contribution in [3.8, 4) is 0 Å². The molecule has 0 atom stereocenters. The van der Waals surface area contributed by atoms with E-state index in [2.05, 4.69) is 10.3 Å². The quantitative estimate of drug-likeness (QED) is 0.679. The number of carbonyl (C=O) groups excluding carboxylic acids is 1. The Labute approximate surface area is 174 Å². The standard InChI is InChI=1S/C23H27N5O2/c1-12-9-13(2)25-23(30)18(12)11-24-22(29)17-10-19(15-7-8-15)26-21-20(17)14(3)27-28(21)16-5-4-6-16/h9-10,15-16H,4-8,11H2,1-3H3,(H,24,29)(H,25,30). The van der Waals surface area contributed by atoms with Crippen molar-refractivity contribution in [3.05, 3.63) is 56.3 Å². The van der Waals surface area contributed by atoms with Crippen LogP contribution in [0.25, 0.3) is 11.0 Å². The van der Waals surface area contributed by atoms with E-state index < -0.39 is 0 Å². The van der Waals surface area contributed by atoms with E-state index in [-0.39, 0.29) is 18.0 Å². The molecule has 3 heterocycles. The zero-order valence-corrected chi connectivity index (χ0v) is 17.7. The van der Waals surface area contributed by atoms with Crippen molar-refractivity contribution in [1.29, 1.82) is 0 Å². The molecule has 1 amide bonds. The summed E-state index contributed by atoms with van der Waals surface area (Å²) in [5.74, 6) is 0.258. The zero-order chi connectivity index (χ0) is 21.0. The smallest absolute Gasteiger partial charge is 0.253 e. The van der Waals surface area contributed by atoms with E-state index in [0.29, 0.717) is 23.1 Å². The van der Waals surface area contributed by atoms with E-state index in [1.54, 1.807) is 0 Å². The molecule has 3 aromatic heterocycles. The summed E-state index contributed by atoms with van der Waals surface area (Å²) >= 11 is 0. The molecule has 2 saturated carbocycles. The Kier molecular flexibility index (Phi) is 4.49. The van der Waals surface area contributed by atoms with Crippen LogP contribution in [0.2, 0.25) is 0 Å². The molecule has 3 aromatic rings. The fraction of sp³-hybridized carbons (Fsp3) is 0.478. The number of rotatable bonds is 5. The molecule has 2 aliphatic rings. The van der Waals surface area contributed by atoms with Crippen molar-refractivity contribution in [2.24, 2.45) is 0 Å². The number of aromatic amines is 1. The first-order valence-corrected chi connectivity index (χ1v) is 10.8. The van der Waals surface area contributed by atoms with Gasteiger partial charge in [0.1, 0.15) is 0 Å². The maximum Gasteiger partial charge on any atom is 0.253 e. The molecule has 2 aliphatic carbocycles. The molecule has 0 aromatic carbocycles. The van der Waals surface area contributed by atoms with Gasteiger partial charge in [-0.25, -0.2) is 9.67 Å². The summed E-state index contributed by atoms with van der Waals surface area (Å²) in [4.78, 5) is 33.3. The van der Waals surface area contributed by atoms with Gasteiger partial charge in [0.05, 0.1) is 22.7 Å². The number of H-pyrrole nitrogens is 1. The van der Waals surface area contributed by atoms with Crippen LogP contribution in [0.3, 0.4) is 0 Å². The molecule has 5 rings (SSSR count). The van der Waals surface area contributed by atoms with Gasteiger partial charge in [-0.2, -0.15) is 5.10 Å². The Morgan fingerprint density at radius 3 is 2.60 bits per heavy atom. The number of carbonyl (C=O) groups is 1. The number of fused-ring (bicyclic) bond motifs is 1. The molecule has 2 fully saturated rings. The summed E-state index contributed by atoms with van der Waals surface area (Å²) in [6, 6.07) is 4.24. The largest absolute Gasteiger partial charge is 0.348 e. The predicted octanol–water partition coefficient (Wildman–Crippen LogP) is 3.58. The first kappa shape index (κ1) is 19.0. The molecule has 7 heteroatoms. The number of nitrogens with zero attached hydrogens (tertiary/aromatic N) is 3. The highest BCUT2D eigenvalue weighted by Gasteiger charge is 2.31. The van der Waals surface area contributed by atoms with Gasteiger partial charge in [0.2, 0.25) is 0 Å². The Morgan fingerprint density at radius 1 is 1.20 bits per heavy atom. The minimum atomic E-state index is -0.181. The highest BCUT2D eigenvalue weighted by atomic mass is 16.1. The minimum absolute atomic E-state index is 0.152. The van der Waals surface area contributed by atoms with Crippen LogP contribution < -0.4 is 10.9 Å². The summed E-state index contributed by atoms with van der Waals surface area (Å²) < 4.78 is 2.03. The highest BCUT2D eigenvalue weighted by Crippen LogP contribution is 2.41. The van der Waals surface area contributed by atoms with Crippen molar-refractivity contribution < 1.29 is 4.79 Å². The predicted molar refractivity (Wildman–Crippen MR) is 115 cm³/mol. The number of aromatic nitrogens is 4. The van der Waals surface area contributed by atoms with Crippen molar-refractivity contribution >= 4 is 16.9 Å². The van der Waals surface area contributed by atoms with Gasteiger partial charge >= 0.3 is 0 Å². The number of hydrogen-bond acceptors (Lipinski definition) is 4. The second-order valence-corrected chi connectivity index (χ2v) is 8.81. The van der Waals surface area contributed by atoms with Crippen molar-refractivity contribution in [2.45, 2.75) is 71.4 Å². The lowest BCUT2D eigenvalue weighted by molar-refractivity contribution is 0.0952. The van der Waals surface area contributed by atoms with Crippen LogP contribution in [0.1, 0.15) is 82.6 Å². The molecule has 0 radical (unpaired) electrons. The molecule has 2 N–H and O–H groups in total. The van der Waals surface area contributed by atoms with Gasteiger partial charge in [-0.15, -0.1) is 0 Å². The minimum Gasteiger partial charge on any atom is -0.348 e. The van der Waals surface area contributed by atoms with E-state index in [1.165, 1.54) is 6.42 Å². The van der Waals surface area contributed by atoms with Gasteiger partial charge in [-0.1, -0.05) is 0 Å². The zero-order valence-electron chi connectivity index (χ0n) is 17.7. The third-order valence-corrected chi connectivity index (χ3v) is 6.44. The third kappa shape index (κ3) is 3.22. The van der Waals surface area contributed by atoms with E-state index in [0.717, 1.165) is 59.4 Å². The number of nitrogens with one attached hydrogen (secondary N) is 2. The molecule has 30 heavy (non-hydrogen) atoms. The molecular weight excluding hydrogens is 378 g/mol. The fourth-order valence-electron chi connectivity index (χ4n) is 4.35. The van der Waals surface area contributed by atoms with E-state index >= 15 is 0 Å². The molecule has 0 spiro atoms. The third-order valence-electron chi connectivity index (χ3n) is 6.44. The summed E-state index contributed by atoms with van der Waals surface area (Å²) in [5.41, 5.74) is 5.39. The number of amides is 1. The summed E-state index contributed by atoms with van der Waals surface area (Å²) in [6.07, 6.45) is 5.68. The number of hydrogen-bond donors (Lipinski definition) is 2. The van der Waals surface area contributed by atoms with Gasteiger partial charge < -0.3 is 10.3 Å².